The lowest BCUT2D eigenvalue weighted by atomic mass is 10.2. The molecule has 154 valence electrons. The summed E-state index contributed by atoms with van der Waals surface area (Å²) >= 11 is 1.83. The van der Waals surface area contributed by atoms with Crippen LogP contribution in [-0.4, -0.2) is 38.3 Å². The first-order valence-electron chi connectivity index (χ1n) is 8.05. The number of hydrogen-bond donors (Lipinski definition) is 0. The van der Waals surface area contributed by atoms with Crippen LogP contribution in [-0.2, 0) is 19.3 Å². The van der Waals surface area contributed by atoms with Gasteiger partial charge in [-0.15, -0.1) is 0 Å². The summed E-state index contributed by atoms with van der Waals surface area (Å²) in [4.78, 5) is 1.29. The molecule has 1 saturated heterocycles. The molecule has 1 unspecified atom stereocenters. The topological polar surface area (TPSA) is 75.7 Å². The monoisotopic (exact) mass is 444 g/mol. The van der Waals surface area contributed by atoms with Crippen LogP contribution in [0.4, 0.5) is 13.2 Å². The van der Waals surface area contributed by atoms with Crippen LogP contribution in [0.1, 0.15) is 19.8 Å². The molecule has 1 aliphatic rings. The van der Waals surface area contributed by atoms with E-state index in [1.165, 1.54) is 4.90 Å². The van der Waals surface area contributed by atoms with E-state index in [2.05, 4.69) is 50.8 Å². The molecule has 0 aliphatic carbocycles. The maximum absolute atomic E-state index is 10.7. The van der Waals surface area contributed by atoms with Gasteiger partial charge in [0.25, 0.3) is 6.10 Å². The molecule has 1 fully saturated rings. The van der Waals surface area contributed by atoms with Crippen molar-refractivity contribution in [3.63, 3.8) is 0 Å². The number of ether oxygens (including phenoxy) is 1. The highest BCUT2D eigenvalue weighted by molar-refractivity contribution is 7.99. The summed E-state index contributed by atoms with van der Waals surface area (Å²) in [5.41, 5.74) is -5.65. The lowest BCUT2D eigenvalue weighted by Crippen LogP contribution is -2.40. The summed E-state index contributed by atoms with van der Waals surface area (Å²) < 4.78 is 71.1. The molecule has 27 heavy (non-hydrogen) atoms. The van der Waals surface area contributed by atoms with Crippen LogP contribution in [0.15, 0.2) is 35.2 Å². The van der Waals surface area contributed by atoms with Gasteiger partial charge in [0.2, 0.25) is 5.79 Å². The minimum Gasteiger partial charge on any atom is -0.741 e. The minimum absolute atomic E-state index is 0.392. The van der Waals surface area contributed by atoms with Gasteiger partial charge in [0.1, 0.15) is 6.42 Å². The van der Waals surface area contributed by atoms with E-state index in [1.807, 2.05) is 17.8 Å². The molecule has 0 bridgehead atoms. The van der Waals surface area contributed by atoms with Crippen molar-refractivity contribution < 1.29 is 35.3 Å². The standard InChI is InChI=1S/C15H23O2SSi.CHF3O3S/c1-15(17-19(2,3)4)11-10-13(16-15)12-18-14-8-6-5-7-9-14;2-1(3,4)8(5,6)7/h5-9H,10-12H2,1-4H3;(H,5,6,7)/q+1;/p-1. The van der Waals surface area contributed by atoms with E-state index < -0.39 is 29.7 Å². The van der Waals surface area contributed by atoms with Gasteiger partial charge in [0, 0.05) is 11.3 Å². The first kappa shape index (κ1) is 24.3. The molecule has 1 atom stereocenters. The van der Waals surface area contributed by atoms with E-state index in [-0.39, 0.29) is 0 Å². The number of rotatable bonds is 5. The predicted octanol–water partition coefficient (Wildman–Crippen LogP) is 4.74. The first-order valence-corrected chi connectivity index (χ1v) is 13.9. The predicted molar refractivity (Wildman–Crippen MR) is 99.3 cm³/mol. The molecule has 1 aromatic rings. The lowest BCUT2D eigenvalue weighted by molar-refractivity contribution is -0.135. The number of thioether (sulfide) groups is 1. The summed E-state index contributed by atoms with van der Waals surface area (Å²) in [7, 11) is -7.65. The van der Waals surface area contributed by atoms with E-state index in [0.29, 0.717) is 0 Å². The molecular weight excluding hydrogens is 421 g/mol. The van der Waals surface area contributed by atoms with E-state index in [4.69, 9.17) is 22.1 Å². The zero-order valence-electron chi connectivity index (χ0n) is 15.5. The Bertz CT molecular complexity index is 692. The molecule has 0 saturated carbocycles. The summed E-state index contributed by atoms with van der Waals surface area (Å²) in [6.45, 7) is 8.69. The largest absolute Gasteiger partial charge is 0.741 e. The van der Waals surface area contributed by atoms with Gasteiger partial charge < -0.3 is 8.98 Å². The van der Waals surface area contributed by atoms with E-state index in [0.717, 1.165) is 24.7 Å². The SMILES string of the molecule is CC1(O[Si](C)(C)C)CC[C+](CSc2ccccc2)O1.O=S(=O)([O-])C(F)(F)F. The lowest BCUT2D eigenvalue weighted by Gasteiger charge is -2.28. The Kier molecular flexibility index (Phi) is 8.27. The number of alkyl halides is 3. The number of benzene rings is 1. The zero-order valence-corrected chi connectivity index (χ0v) is 18.1. The van der Waals surface area contributed by atoms with Crippen molar-refractivity contribution in [3.05, 3.63) is 36.4 Å². The average Bonchev–Trinajstić information content (AvgIpc) is 2.84. The Hall–Kier alpha value is -0.723. The number of hydrogen-bond acceptors (Lipinski definition) is 6. The molecule has 0 aromatic heterocycles. The van der Waals surface area contributed by atoms with E-state index in [9.17, 15) is 13.2 Å². The van der Waals surface area contributed by atoms with Gasteiger partial charge in [0.05, 0.1) is 0 Å². The summed E-state index contributed by atoms with van der Waals surface area (Å²) in [5, 5.41) is 0. The Labute approximate surface area is 163 Å². The van der Waals surface area contributed by atoms with Gasteiger partial charge in [-0.25, -0.2) is 8.42 Å². The minimum atomic E-state index is -6.09. The maximum atomic E-state index is 10.7. The van der Waals surface area contributed by atoms with Crippen molar-refractivity contribution >= 4 is 30.2 Å². The zero-order chi connectivity index (χ0) is 20.9. The van der Waals surface area contributed by atoms with Crippen LogP contribution in [0.3, 0.4) is 0 Å². The fourth-order valence-corrected chi connectivity index (χ4v) is 4.60. The molecule has 1 heterocycles. The maximum Gasteiger partial charge on any atom is 0.485 e. The molecule has 1 aliphatic heterocycles. The van der Waals surface area contributed by atoms with Gasteiger partial charge in [-0.2, -0.15) is 17.9 Å². The highest BCUT2D eigenvalue weighted by atomic mass is 32.2. The van der Waals surface area contributed by atoms with Crippen LogP contribution in [0.25, 0.3) is 0 Å². The molecule has 0 N–H and O–H groups in total. The van der Waals surface area contributed by atoms with Crippen LogP contribution in [0.5, 0.6) is 0 Å². The molecule has 0 radical (unpaired) electrons. The van der Waals surface area contributed by atoms with Crippen molar-refractivity contribution in [2.24, 2.45) is 0 Å². The fourth-order valence-electron chi connectivity index (χ4n) is 2.28. The Morgan fingerprint density at radius 1 is 1.30 bits per heavy atom. The van der Waals surface area contributed by atoms with Crippen molar-refractivity contribution in [1.82, 2.24) is 0 Å². The summed E-state index contributed by atoms with van der Waals surface area (Å²) in [6, 6.07) is 10.5. The Morgan fingerprint density at radius 2 is 1.81 bits per heavy atom. The molecule has 11 heteroatoms. The van der Waals surface area contributed by atoms with Crippen LogP contribution in [0.2, 0.25) is 19.6 Å². The van der Waals surface area contributed by atoms with E-state index >= 15 is 0 Å². The van der Waals surface area contributed by atoms with Gasteiger partial charge in [-0.3, -0.25) is 0 Å². The molecule has 1 aromatic carbocycles. The Morgan fingerprint density at radius 3 is 2.26 bits per heavy atom. The van der Waals surface area contributed by atoms with Gasteiger partial charge in [-0.05, 0) is 38.7 Å². The third kappa shape index (κ3) is 9.35. The number of halogens is 3. The van der Waals surface area contributed by atoms with Crippen molar-refractivity contribution in [3.8, 4) is 0 Å². The average molecular weight is 445 g/mol. The second-order valence-corrected chi connectivity index (χ2v) is 13.8. The highest BCUT2D eigenvalue weighted by Gasteiger charge is 2.48. The quantitative estimate of drug-likeness (QED) is 0.215. The first-order chi connectivity index (χ1) is 12.1. The second kappa shape index (κ2) is 9.18. The molecule has 5 nitrogen and oxygen atoms in total. The molecule has 0 spiro atoms. The second-order valence-electron chi connectivity index (χ2n) is 6.99. The van der Waals surface area contributed by atoms with Gasteiger partial charge in [0.15, 0.2) is 24.2 Å². The highest BCUT2D eigenvalue weighted by Crippen LogP contribution is 2.39. The molecule has 0 amide bonds. The third-order valence-electron chi connectivity index (χ3n) is 3.17. The van der Waals surface area contributed by atoms with E-state index in [1.54, 1.807) is 0 Å². The van der Waals surface area contributed by atoms with Crippen molar-refractivity contribution in [1.29, 1.82) is 0 Å². The smallest absolute Gasteiger partial charge is 0.485 e. The van der Waals surface area contributed by atoms with Gasteiger partial charge >= 0.3 is 5.51 Å². The summed E-state index contributed by atoms with van der Waals surface area (Å²) in [6.07, 6.45) is 3.15. The van der Waals surface area contributed by atoms with Crippen LogP contribution in [0, 0.1) is 6.10 Å². The molecule has 2 rings (SSSR count). The normalized spacial score (nSPS) is 21.0. The Balaban J connectivity index is 0.000000387. The van der Waals surface area contributed by atoms with Crippen molar-refractivity contribution in [2.45, 2.75) is 55.6 Å². The third-order valence-corrected chi connectivity index (χ3v) is 5.85. The van der Waals surface area contributed by atoms with Crippen LogP contribution >= 0.6 is 11.8 Å². The fraction of sp³-hybridized carbons (Fsp3) is 0.562. The molecular formula is C16H23F3O5S2Si. The van der Waals surface area contributed by atoms with Gasteiger partial charge in [-0.1, -0.05) is 30.0 Å². The van der Waals surface area contributed by atoms with Crippen molar-refractivity contribution in [2.75, 3.05) is 5.75 Å². The van der Waals surface area contributed by atoms with Crippen LogP contribution < -0.4 is 0 Å². The summed E-state index contributed by atoms with van der Waals surface area (Å²) in [5.74, 6) is 0.533.